The predicted molar refractivity (Wildman–Crippen MR) is 102 cm³/mol. The van der Waals surface area contributed by atoms with Crippen molar-refractivity contribution in [3.63, 3.8) is 0 Å². The monoisotopic (exact) mass is 364 g/mol. The summed E-state index contributed by atoms with van der Waals surface area (Å²) in [5, 5.41) is 2.63. The molecule has 3 N–H and O–H groups in total. The van der Waals surface area contributed by atoms with Crippen molar-refractivity contribution in [2.75, 3.05) is 0 Å². The van der Waals surface area contributed by atoms with Gasteiger partial charge in [-0.2, -0.15) is 0 Å². The quantitative estimate of drug-likeness (QED) is 0.678. The zero-order chi connectivity index (χ0) is 19.4. The van der Waals surface area contributed by atoms with E-state index >= 15 is 0 Å². The van der Waals surface area contributed by atoms with Crippen molar-refractivity contribution in [1.82, 2.24) is 14.9 Å². The molecule has 0 aliphatic rings. The summed E-state index contributed by atoms with van der Waals surface area (Å²) in [6.45, 7) is 1.38. The summed E-state index contributed by atoms with van der Waals surface area (Å²) in [6.07, 6.45) is 0.285. The lowest BCUT2D eigenvalue weighted by Crippen LogP contribution is -2.47. The number of nitrogens with one attached hydrogen (secondary N) is 1. The van der Waals surface area contributed by atoms with E-state index in [1.165, 1.54) is 4.57 Å². The third kappa shape index (κ3) is 4.20. The average Bonchev–Trinajstić information content (AvgIpc) is 2.65. The Morgan fingerprint density at radius 3 is 2.48 bits per heavy atom. The van der Waals surface area contributed by atoms with Gasteiger partial charge in [0, 0.05) is 6.42 Å². The SMILES string of the molecule is Cc1nc2ccccc2n(CC(=O)N[C@@H](Cc2ccccc2)C(N)=O)c1=O. The van der Waals surface area contributed by atoms with Gasteiger partial charge in [0.05, 0.1) is 11.0 Å². The van der Waals surface area contributed by atoms with Crippen LogP contribution in [-0.2, 0) is 22.6 Å². The van der Waals surface area contributed by atoms with E-state index < -0.39 is 17.9 Å². The molecule has 0 saturated carbocycles. The first-order valence-electron chi connectivity index (χ1n) is 8.54. The van der Waals surface area contributed by atoms with Crippen LogP contribution in [0.25, 0.3) is 11.0 Å². The molecule has 3 aromatic rings. The summed E-state index contributed by atoms with van der Waals surface area (Å²) in [6, 6.07) is 15.5. The maximum absolute atomic E-state index is 12.5. The number of hydrogen-bond acceptors (Lipinski definition) is 4. The van der Waals surface area contributed by atoms with Crippen molar-refractivity contribution >= 4 is 22.8 Å². The molecule has 7 heteroatoms. The fourth-order valence-electron chi connectivity index (χ4n) is 2.93. The van der Waals surface area contributed by atoms with Crippen LogP contribution in [-0.4, -0.2) is 27.4 Å². The van der Waals surface area contributed by atoms with E-state index in [0.717, 1.165) is 5.56 Å². The third-order valence-corrected chi connectivity index (χ3v) is 4.28. The molecule has 0 aliphatic carbocycles. The van der Waals surface area contributed by atoms with Gasteiger partial charge in [-0.3, -0.25) is 19.0 Å². The minimum absolute atomic E-state index is 0.221. The van der Waals surface area contributed by atoms with Crippen molar-refractivity contribution in [3.05, 3.63) is 76.2 Å². The number of aryl methyl sites for hydroxylation is 1. The summed E-state index contributed by atoms with van der Waals surface area (Å²) in [7, 11) is 0. The van der Waals surface area contributed by atoms with E-state index in [1.807, 2.05) is 36.4 Å². The van der Waals surface area contributed by atoms with Crippen molar-refractivity contribution in [1.29, 1.82) is 0 Å². The largest absolute Gasteiger partial charge is 0.368 e. The molecule has 3 rings (SSSR count). The number of nitrogens with zero attached hydrogens (tertiary/aromatic N) is 2. The molecule has 1 atom stereocenters. The highest BCUT2D eigenvalue weighted by atomic mass is 16.2. The molecule has 0 aliphatic heterocycles. The summed E-state index contributed by atoms with van der Waals surface area (Å²) < 4.78 is 1.35. The molecule has 138 valence electrons. The molecule has 0 unspecified atom stereocenters. The van der Waals surface area contributed by atoms with Gasteiger partial charge in [0.25, 0.3) is 5.56 Å². The van der Waals surface area contributed by atoms with Gasteiger partial charge in [-0.1, -0.05) is 42.5 Å². The molecule has 2 aromatic carbocycles. The molecule has 0 saturated heterocycles. The molecule has 0 spiro atoms. The minimum Gasteiger partial charge on any atom is -0.368 e. The van der Waals surface area contributed by atoms with Gasteiger partial charge in [0.2, 0.25) is 11.8 Å². The van der Waals surface area contributed by atoms with E-state index in [-0.39, 0.29) is 18.5 Å². The van der Waals surface area contributed by atoms with Crippen LogP contribution < -0.4 is 16.6 Å². The Morgan fingerprint density at radius 2 is 1.78 bits per heavy atom. The summed E-state index contributed by atoms with van der Waals surface area (Å²) in [5.41, 5.74) is 7.46. The standard InChI is InChI=1S/C20H20N4O3/c1-13-20(27)24(17-10-6-5-9-15(17)22-13)12-18(25)23-16(19(21)26)11-14-7-3-2-4-8-14/h2-10,16H,11-12H2,1H3,(H2,21,26)(H,23,25)/t16-/m0/s1. The summed E-state index contributed by atoms with van der Waals surface area (Å²) >= 11 is 0. The number of carbonyl (C=O) groups is 2. The van der Waals surface area contributed by atoms with Gasteiger partial charge >= 0.3 is 0 Å². The smallest absolute Gasteiger partial charge is 0.272 e. The third-order valence-electron chi connectivity index (χ3n) is 4.28. The topological polar surface area (TPSA) is 107 Å². The first kappa shape index (κ1) is 18.3. The molecule has 7 nitrogen and oxygen atoms in total. The molecule has 0 radical (unpaired) electrons. The summed E-state index contributed by atoms with van der Waals surface area (Å²) in [4.78, 5) is 41.0. The first-order valence-corrected chi connectivity index (χ1v) is 8.54. The number of rotatable bonds is 6. The van der Waals surface area contributed by atoms with E-state index in [4.69, 9.17) is 5.73 Å². The van der Waals surface area contributed by atoms with Crippen molar-refractivity contribution in [2.24, 2.45) is 5.73 Å². The highest BCUT2D eigenvalue weighted by Crippen LogP contribution is 2.10. The first-order chi connectivity index (χ1) is 13.0. The number of benzene rings is 2. The van der Waals surface area contributed by atoms with Crippen LogP contribution >= 0.6 is 0 Å². The molecular weight excluding hydrogens is 344 g/mol. The Bertz CT molecular complexity index is 1040. The van der Waals surface area contributed by atoms with Crippen molar-refractivity contribution in [2.45, 2.75) is 25.9 Å². The van der Waals surface area contributed by atoms with Gasteiger partial charge < -0.3 is 11.1 Å². The molecule has 0 bridgehead atoms. The van der Waals surface area contributed by atoms with Crippen molar-refractivity contribution < 1.29 is 9.59 Å². The van der Waals surface area contributed by atoms with Crippen LogP contribution in [0.2, 0.25) is 0 Å². The number of fused-ring (bicyclic) bond motifs is 1. The van der Waals surface area contributed by atoms with Crippen LogP contribution in [0.1, 0.15) is 11.3 Å². The van der Waals surface area contributed by atoms with Gasteiger partial charge in [-0.25, -0.2) is 4.98 Å². The number of nitrogens with two attached hydrogens (primary N) is 1. The van der Waals surface area contributed by atoms with E-state index in [0.29, 0.717) is 16.7 Å². The van der Waals surface area contributed by atoms with Crippen LogP contribution in [0, 0.1) is 6.92 Å². The number of hydrogen-bond donors (Lipinski definition) is 2. The number of aromatic nitrogens is 2. The number of carbonyl (C=O) groups excluding carboxylic acids is 2. The maximum Gasteiger partial charge on any atom is 0.272 e. The van der Waals surface area contributed by atoms with Crippen LogP contribution in [0.15, 0.2) is 59.4 Å². The van der Waals surface area contributed by atoms with E-state index in [2.05, 4.69) is 10.3 Å². The molecule has 1 aromatic heterocycles. The Kier molecular flexibility index (Phi) is 5.30. The van der Waals surface area contributed by atoms with E-state index in [9.17, 15) is 14.4 Å². The second kappa shape index (κ2) is 7.82. The normalized spacial score (nSPS) is 11.9. The fourth-order valence-corrected chi connectivity index (χ4v) is 2.93. The second-order valence-corrected chi connectivity index (χ2v) is 6.29. The Morgan fingerprint density at radius 1 is 1.11 bits per heavy atom. The van der Waals surface area contributed by atoms with Gasteiger partial charge in [0.15, 0.2) is 0 Å². The molecule has 0 fully saturated rings. The average molecular weight is 364 g/mol. The number of para-hydroxylation sites is 2. The Balaban J connectivity index is 1.82. The zero-order valence-corrected chi connectivity index (χ0v) is 14.9. The number of primary amides is 1. The minimum atomic E-state index is -0.857. The van der Waals surface area contributed by atoms with Crippen LogP contribution in [0.3, 0.4) is 0 Å². The van der Waals surface area contributed by atoms with E-state index in [1.54, 1.807) is 25.1 Å². The second-order valence-electron chi connectivity index (χ2n) is 6.29. The maximum atomic E-state index is 12.5. The lowest BCUT2D eigenvalue weighted by Gasteiger charge is -2.17. The molecule has 2 amide bonds. The van der Waals surface area contributed by atoms with Crippen molar-refractivity contribution in [3.8, 4) is 0 Å². The van der Waals surface area contributed by atoms with Crippen LogP contribution in [0.5, 0.6) is 0 Å². The van der Waals surface area contributed by atoms with Gasteiger partial charge in [-0.15, -0.1) is 0 Å². The van der Waals surface area contributed by atoms with Gasteiger partial charge in [0.1, 0.15) is 18.3 Å². The Labute approximate surface area is 155 Å². The predicted octanol–water partition coefficient (Wildman–Crippen LogP) is 0.918. The lowest BCUT2D eigenvalue weighted by atomic mass is 10.1. The Hall–Kier alpha value is -3.48. The van der Waals surface area contributed by atoms with Gasteiger partial charge in [-0.05, 0) is 24.6 Å². The molecule has 27 heavy (non-hydrogen) atoms. The molecule has 1 heterocycles. The fraction of sp³-hybridized carbons (Fsp3) is 0.200. The highest BCUT2D eigenvalue weighted by Gasteiger charge is 2.20. The highest BCUT2D eigenvalue weighted by molar-refractivity contribution is 5.87. The number of amides is 2. The summed E-state index contributed by atoms with van der Waals surface area (Å²) in [5.74, 6) is -1.09. The molecular formula is C20H20N4O3. The zero-order valence-electron chi connectivity index (χ0n) is 14.9. The lowest BCUT2D eigenvalue weighted by molar-refractivity contribution is -0.127. The van der Waals surface area contributed by atoms with Crippen LogP contribution in [0.4, 0.5) is 0 Å².